The molecule has 1 aromatic heterocycles. The summed E-state index contributed by atoms with van der Waals surface area (Å²) in [6.07, 6.45) is 4.27. The molecule has 0 fully saturated rings. The van der Waals surface area contributed by atoms with Gasteiger partial charge in [0.1, 0.15) is 5.75 Å². The van der Waals surface area contributed by atoms with Gasteiger partial charge in [-0.15, -0.1) is 0 Å². The summed E-state index contributed by atoms with van der Waals surface area (Å²) in [5, 5.41) is 0. The summed E-state index contributed by atoms with van der Waals surface area (Å²) in [4.78, 5) is 10.9. The third kappa shape index (κ3) is 3.05. The van der Waals surface area contributed by atoms with E-state index in [2.05, 4.69) is 14.9 Å². The number of methoxy groups -OCH3 is 1. The Morgan fingerprint density at radius 3 is 2.65 bits per heavy atom. The highest BCUT2D eigenvalue weighted by Gasteiger charge is 2.16. The summed E-state index contributed by atoms with van der Waals surface area (Å²) < 4.78 is 5.45. The molecular weight excluding hydrogens is 252 g/mol. The van der Waals surface area contributed by atoms with E-state index in [1.165, 1.54) is 0 Å². The van der Waals surface area contributed by atoms with Crippen LogP contribution in [0.4, 0.5) is 11.5 Å². The molecule has 5 nitrogen and oxygen atoms in total. The van der Waals surface area contributed by atoms with Crippen LogP contribution in [0.15, 0.2) is 36.7 Å². The first-order valence-corrected chi connectivity index (χ1v) is 6.66. The molecule has 1 heterocycles. The number of ether oxygens (including phenoxy) is 1. The van der Waals surface area contributed by atoms with Crippen LogP contribution < -0.4 is 15.4 Å². The van der Waals surface area contributed by atoms with Gasteiger partial charge in [-0.3, -0.25) is 4.98 Å². The number of benzene rings is 1. The first-order valence-electron chi connectivity index (χ1n) is 6.66. The number of anilines is 2. The van der Waals surface area contributed by atoms with Gasteiger partial charge in [0.15, 0.2) is 5.82 Å². The molecule has 2 N–H and O–H groups in total. The van der Waals surface area contributed by atoms with Crippen LogP contribution in [-0.4, -0.2) is 30.2 Å². The van der Waals surface area contributed by atoms with Crippen molar-refractivity contribution in [2.45, 2.75) is 13.3 Å². The van der Waals surface area contributed by atoms with E-state index in [-0.39, 0.29) is 0 Å². The second-order valence-corrected chi connectivity index (χ2v) is 4.43. The molecule has 0 radical (unpaired) electrons. The number of para-hydroxylation sites is 2. The normalized spacial score (nSPS) is 10.3. The Morgan fingerprint density at radius 1 is 1.20 bits per heavy atom. The Labute approximate surface area is 119 Å². The second-order valence-electron chi connectivity index (χ2n) is 4.43. The van der Waals surface area contributed by atoms with Gasteiger partial charge >= 0.3 is 0 Å². The average molecular weight is 272 g/mol. The Kier molecular flexibility index (Phi) is 4.90. The predicted octanol–water partition coefficient (Wildman–Crippen LogP) is 2.28. The van der Waals surface area contributed by atoms with E-state index >= 15 is 0 Å². The lowest BCUT2D eigenvalue weighted by Crippen LogP contribution is -2.23. The van der Waals surface area contributed by atoms with Crippen molar-refractivity contribution in [1.29, 1.82) is 0 Å². The largest absolute Gasteiger partial charge is 0.495 e. The molecule has 0 unspecified atom stereocenters. The molecule has 106 valence electrons. The maximum Gasteiger partial charge on any atom is 0.154 e. The third-order valence-corrected chi connectivity index (χ3v) is 3.07. The van der Waals surface area contributed by atoms with E-state index in [9.17, 15) is 0 Å². The van der Waals surface area contributed by atoms with E-state index in [0.717, 1.165) is 35.9 Å². The Morgan fingerprint density at radius 2 is 1.95 bits per heavy atom. The molecule has 0 amide bonds. The summed E-state index contributed by atoms with van der Waals surface area (Å²) >= 11 is 0. The van der Waals surface area contributed by atoms with Gasteiger partial charge in [0.25, 0.3) is 0 Å². The first-order chi connectivity index (χ1) is 9.77. The monoisotopic (exact) mass is 272 g/mol. The maximum absolute atomic E-state index is 5.65. The molecule has 0 saturated carbocycles. The number of aryl methyl sites for hydroxylation is 1. The van der Waals surface area contributed by atoms with Crippen LogP contribution in [0.5, 0.6) is 5.75 Å². The molecule has 0 aliphatic rings. The quantitative estimate of drug-likeness (QED) is 0.874. The predicted molar refractivity (Wildman–Crippen MR) is 80.4 cm³/mol. The molecular formula is C15H20N4O. The lowest BCUT2D eigenvalue weighted by molar-refractivity contribution is 0.415. The Bertz CT molecular complexity index is 559. The van der Waals surface area contributed by atoms with Crippen molar-refractivity contribution in [1.82, 2.24) is 9.97 Å². The van der Waals surface area contributed by atoms with E-state index in [0.29, 0.717) is 6.54 Å². The number of rotatable bonds is 6. The topological polar surface area (TPSA) is 64.3 Å². The van der Waals surface area contributed by atoms with Crippen molar-refractivity contribution in [3.05, 3.63) is 42.4 Å². The first kappa shape index (κ1) is 14.3. The smallest absolute Gasteiger partial charge is 0.154 e. The van der Waals surface area contributed by atoms with Gasteiger partial charge in [-0.05, 0) is 32.0 Å². The lowest BCUT2D eigenvalue weighted by atomic mass is 10.2. The molecule has 0 aliphatic heterocycles. The van der Waals surface area contributed by atoms with Crippen LogP contribution in [0.1, 0.15) is 12.1 Å². The molecule has 0 spiro atoms. The minimum absolute atomic E-state index is 0.630. The standard InChI is InChI=1S/C15H20N4O/c1-12-15(18-10-9-17-12)19(11-5-8-16)13-6-3-4-7-14(13)20-2/h3-4,6-7,9-10H,5,8,11,16H2,1-2H3. The SMILES string of the molecule is COc1ccccc1N(CCCN)c1nccnc1C. The van der Waals surface area contributed by atoms with Crippen molar-refractivity contribution in [2.24, 2.45) is 5.73 Å². The summed E-state index contributed by atoms with van der Waals surface area (Å²) in [6, 6.07) is 7.89. The van der Waals surface area contributed by atoms with Gasteiger partial charge in [0.2, 0.25) is 0 Å². The average Bonchev–Trinajstić information content (AvgIpc) is 2.49. The molecule has 0 bridgehead atoms. The summed E-state index contributed by atoms with van der Waals surface area (Å²) in [5.74, 6) is 1.65. The number of aromatic nitrogens is 2. The van der Waals surface area contributed by atoms with Crippen molar-refractivity contribution >= 4 is 11.5 Å². The summed E-state index contributed by atoms with van der Waals surface area (Å²) in [5.41, 5.74) is 7.51. The van der Waals surface area contributed by atoms with Crippen molar-refractivity contribution in [3.8, 4) is 5.75 Å². The fraction of sp³-hybridized carbons (Fsp3) is 0.333. The Balaban J connectivity index is 2.44. The molecule has 0 aliphatic carbocycles. The van der Waals surface area contributed by atoms with Gasteiger partial charge in [0.05, 0.1) is 18.5 Å². The van der Waals surface area contributed by atoms with Gasteiger partial charge in [0, 0.05) is 18.9 Å². The second kappa shape index (κ2) is 6.86. The molecule has 5 heteroatoms. The lowest BCUT2D eigenvalue weighted by Gasteiger charge is -2.26. The van der Waals surface area contributed by atoms with Gasteiger partial charge in [-0.25, -0.2) is 4.98 Å². The summed E-state index contributed by atoms with van der Waals surface area (Å²) in [6.45, 7) is 3.36. The van der Waals surface area contributed by atoms with Crippen LogP contribution in [0.3, 0.4) is 0 Å². The minimum atomic E-state index is 0.630. The molecule has 1 aromatic carbocycles. The van der Waals surface area contributed by atoms with Crippen LogP contribution in [0, 0.1) is 6.92 Å². The molecule has 2 rings (SSSR count). The zero-order chi connectivity index (χ0) is 14.4. The highest BCUT2D eigenvalue weighted by atomic mass is 16.5. The highest BCUT2D eigenvalue weighted by molar-refractivity contribution is 5.68. The van der Waals surface area contributed by atoms with Crippen LogP contribution in [0.2, 0.25) is 0 Å². The van der Waals surface area contributed by atoms with E-state index in [1.807, 2.05) is 31.2 Å². The number of hydrogen-bond acceptors (Lipinski definition) is 5. The van der Waals surface area contributed by atoms with Gasteiger partial charge < -0.3 is 15.4 Å². The molecule has 2 aromatic rings. The highest BCUT2D eigenvalue weighted by Crippen LogP contribution is 2.33. The zero-order valence-electron chi connectivity index (χ0n) is 11.9. The van der Waals surface area contributed by atoms with Crippen molar-refractivity contribution < 1.29 is 4.74 Å². The fourth-order valence-corrected chi connectivity index (χ4v) is 2.11. The van der Waals surface area contributed by atoms with E-state index in [4.69, 9.17) is 10.5 Å². The number of hydrogen-bond donors (Lipinski definition) is 1. The van der Waals surface area contributed by atoms with E-state index in [1.54, 1.807) is 19.5 Å². The summed E-state index contributed by atoms with van der Waals surface area (Å²) in [7, 11) is 1.67. The zero-order valence-corrected chi connectivity index (χ0v) is 11.9. The third-order valence-electron chi connectivity index (χ3n) is 3.07. The minimum Gasteiger partial charge on any atom is -0.495 e. The fourth-order valence-electron chi connectivity index (χ4n) is 2.11. The molecule has 20 heavy (non-hydrogen) atoms. The van der Waals surface area contributed by atoms with Crippen LogP contribution in [0.25, 0.3) is 0 Å². The van der Waals surface area contributed by atoms with Crippen LogP contribution >= 0.6 is 0 Å². The van der Waals surface area contributed by atoms with Gasteiger partial charge in [-0.2, -0.15) is 0 Å². The maximum atomic E-state index is 5.65. The Hall–Kier alpha value is -2.14. The van der Waals surface area contributed by atoms with Crippen LogP contribution in [-0.2, 0) is 0 Å². The van der Waals surface area contributed by atoms with Gasteiger partial charge in [-0.1, -0.05) is 12.1 Å². The number of nitrogens with two attached hydrogens (primary N) is 1. The molecule has 0 atom stereocenters. The van der Waals surface area contributed by atoms with E-state index < -0.39 is 0 Å². The number of nitrogens with zero attached hydrogens (tertiary/aromatic N) is 3. The van der Waals surface area contributed by atoms with Crippen molar-refractivity contribution in [3.63, 3.8) is 0 Å². The molecule has 0 saturated heterocycles. The van der Waals surface area contributed by atoms with Crippen molar-refractivity contribution in [2.75, 3.05) is 25.1 Å².